The maximum absolute atomic E-state index is 13.0. The fourth-order valence-corrected chi connectivity index (χ4v) is 3.86. The van der Waals surface area contributed by atoms with E-state index in [2.05, 4.69) is 5.32 Å². The Morgan fingerprint density at radius 3 is 2.38 bits per heavy atom. The van der Waals surface area contributed by atoms with Gasteiger partial charge < -0.3 is 29.2 Å². The number of halogens is 1. The number of nitrogens with zero attached hydrogens (tertiary/aromatic N) is 1. The lowest BCUT2D eigenvalue weighted by atomic mass is 10.1. The first-order valence-corrected chi connectivity index (χ1v) is 10.7. The van der Waals surface area contributed by atoms with Gasteiger partial charge in [-0.1, -0.05) is 29.8 Å². The van der Waals surface area contributed by atoms with E-state index in [1.54, 1.807) is 41.3 Å². The molecule has 34 heavy (non-hydrogen) atoms. The number of hydrogen-bond donors (Lipinski definition) is 1. The van der Waals surface area contributed by atoms with E-state index >= 15 is 0 Å². The van der Waals surface area contributed by atoms with Crippen molar-refractivity contribution in [1.82, 2.24) is 0 Å². The number of hydrogen-bond acceptors (Lipinski definition) is 6. The van der Waals surface area contributed by atoms with Crippen LogP contribution in [-0.4, -0.2) is 39.8 Å². The molecule has 0 aliphatic carbocycles. The lowest BCUT2D eigenvalue weighted by molar-refractivity contribution is -0.121. The molecule has 0 aromatic heterocycles. The third kappa shape index (κ3) is 4.58. The molecule has 0 fully saturated rings. The fraction of sp³-hybridized carbons (Fsp3) is 0.200. The summed E-state index contributed by atoms with van der Waals surface area (Å²) in [5.41, 5.74) is 2.14. The number of methoxy groups -OCH3 is 3. The van der Waals surface area contributed by atoms with Gasteiger partial charge in [0.15, 0.2) is 18.1 Å². The van der Waals surface area contributed by atoms with E-state index in [-0.39, 0.29) is 25.0 Å². The third-order valence-corrected chi connectivity index (χ3v) is 5.74. The second-order valence-corrected chi connectivity index (χ2v) is 7.82. The summed E-state index contributed by atoms with van der Waals surface area (Å²) in [5, 5.41) is 3.41. The number of amides is 2. The molecule has 2 amide bonds. The van der Waals surface area contributed by atoms with Gasteiger partial charge in [0.2, 0.25) is 5.75 Å². The van der Waals surface area contributed by atoms with Crippen molar-refractivity contribution >= 4 is 34.8 Å². The quantitative estimate of drug-likeness (QED) is 0.532. The summed E-state index contributed by atoms with van der Waals surface area (Å²) in [4.78, 5) is 27.3. The molecular weight excluding hydrogens is 460 g/mol. The Morgan fingerprint density at radius 2 is 1.74 bits per heavy atom. The van der Waals surface area contributed by atoms with Crippen molar-refractivity contribution in [2.45, 2.75) is 6.54 Å². The number of anilines is 2. The Hall–Kier alpha value is -3.91. The van der Waals surface area contributed by atoms with Gasteiger partial charge in [0, 0.05) is 16.3 Å². The molecule has 0 bridgehead atoms. The minimum Gasteiger partial charge on any atom is -0.493 e. The van der Waals surface area contributed by atoms with E-state index in [0.29, 0.717) is 45.0 Å². The molecule has 3 aromatic rings. The maximum atomic E-state index is 13.0. The first-order valence-electron chi connectivity index (χ1n) is 10.4. The van der Waals surface area contributed by atoms with Gasteiger partial charge in [-0.25, -0.2) is 0 Å². The van der Waals surface area contributed by atoms with Gasteiger partial charge in [-0.15, -0.1) is 0 Å². The lowest BCUT2D eigenvalue weighted by Crippen LogP contribution is -2.38. The zero-order valence-electron chi connectivity index (χ0n) is 18.9. The molecule has 9 heteroatoms. The summed E-state index contributed by atoms with van der Waals surface area (Å²) in [6, 6.07) is 15.6. The van der Waals surface area contributed by atoms with Crippen LogP contribution in [0.3, 0.4) is 0 Å². The predicted octanol–water partition coefficient (Wildman–Crippen LogP) is 4.54. The van der Waals surface area contributed by atoms with Crippen molar-refractivity contribution < 1.29 is 28.5 Å². The van der Waals surface area contributed by atoms with Gasteiger partial charge >= 0.3 is 0 Å². The van der Waals surface area contributed by atoms with Crippen molar-refractivity contribution in [1.29, 1.82) is 0 Å². The molecule has 0 atom stereocenters. The summed E-state index contributed by atoms with van der Waals surface area (Å²) in [5.74, 6) is 1.06. The Kier molecular flexibility index (Phi) is 6.79. The van der Waals surface area contributed by atoms with Crippen molar-refractivity contribution in [3.8, 4) is 23.0 Å². The number of ether oxygens (including phenoxy) is 4. The fourth-order valence-electron chi connectivity index (χ4n) is 3.67. The highest BCUT2D eigenvalue weighted by atomic mass is 35.5. The average Bonchev–Trinajstić information content (AvgIpc) is 2.85. The highest BCUT2D eigenvalue weighted by Crippen LogP contribution is 2.39. The Morgan fingerprint density at radius 1 is 1.03 bits per heavy atom. The summed E-state index contributed by atoms with van der Waals surface area (Å²) in [7, 11) is 4.45. The van der Waals surface area contributed by atoms with Crippen LogP contribution in [0, 0.1) is 0 Å². The third-order valence-electron chi connectivity index (χ3n) is 5.37. The van der Waals surface area contributed by atoms with Crippen LogP contribution in [0.4, 0.5) is 11.4 Å². The van der Waals surface area contributed by atoms with Gasteiger partial charge in [0.25, 0.3) is 11.8 Å². The number of carbonyl (C=O) groups excluding carboxylic acids is 2. The smallest absolute Gasteiger partial charge is 0.265 e. The minimum atomic E-state index is -0.389. The van der Waals surface area contributed by atoms with Crippen molar-refractivity contribution in [2.75, 3.05) is 38.2 Å². The minimum absolute atomic E-state index is 0.0748. The molecule has 3 aromatic carbocycles. The largest absolute Gasteiger partial charge is 0.493 e. The number of rotatable bonds is 7. The number of carbonyl (C=O) groups is 2. The second-order valence-electron chi connectivity index (χ2n) is 7.41. The van der Waals surface area contributed by atoms with Crippen LogP contribution in [0.1, 0.15) is 15.9 Å². The summed E-state index contributed by atoms with van der Waals surface area (Å²) in [6.45, 7) is 0.202. The maximum Gasteiger partial charge on any atom is 0.265 e. The van der Waals surface area contributed by atoms with E-state index in [1.165, 1.54) is 21.3 Å². The number of nitrogens with one attached hydrogen (secondary N) is 1. The molecule has 1 heterocycles. The molecule has 1 aliphatic heterocycles. The zero-order valence-corrected chi connectivity index (χ0v) is 19.6. The highest BCUT2D eigenvalue weighted by molar-refractivity contribution is 6.31. The van der Waals surface area contributed by atoms with Crippen LogP contribution in [-0.2, 0) is 11.3 Å². The molecular formula is C25H23ClN2O6. The van der Waals surface area contributed by atoms with E-state index in [0.717, 1.165) is 5.56 Å². The van der Waals surface area contributed by atoms with Crippen molar-refractivity contribution in [3.63, 3.8) is 0 Å². The lowest BCUT2D eigenvalue weighted by Gasteiger charge is -2.30. The van der Waals surface area contributed by atoms with Gasteiger partial charge in [-0.05, 0) is 42.0 Å². The van der Waals surface area contributed by atoms with Crippen LogP contribution in [0.15, 0.2) is 54.6 Å². The normalized spacial score (nSPS) is 12.5. The van der Waals surface area contributed by atoms with Crippen LogP contribution in [0.5, 0.6) is 23.0 Å². The molecule has 8 nitrogen and oxygen atoms in total. The molecule has 0 unspecified atom stereocenters. The van der Waals surface area contributed by atoms with Crippen LogP contribution >= 0.6 is 11.6 Å². The van der Waals surface area contributed by atoms with Crippen LogP contribution in [0.25, 0.3) is 0 Å². The topological polar surface area (TPSA) is 86.3 Å². The van der Waals surface area contributed by atoms with Gasteiger partial charge in [-0.3, -0.25) is 9.59 Å². The average molecular weight is 483 g/mol. The van der Waals surface area contributed by atoms with Gasteiger partial charge in [-0.2, -0.15) is 0 Å². The molecule has 0 saturated carbocycles. The molecule has 1 aliphatic rings. The standard InChI is InChI=1S/C25H23ClN2O6/c1-31-21-10-16(11-22(32-2)24(21)33-3)25(30)27-17-8-9-20-19(12-17)28(23(29)14-34-20)13-15-6-4-5-7-18(15)26/h4-12H,13-14H2,1-3H3,(H,27,30). The van der Waals surface area contributed by atoms with Gasteiger partial charge in [0.1, 0.15) is 5.75 Å². The van der Waals surface area contributed by atoms with Gasteiger partial charge in [0.05, 0.1) is 33.6 Å². The summed E-state index contributed by atoms with van der Waals surface area (Å²) < 4.78 is 21.6. The summed E-state index contributed by atoms with van der Waals surface area (Å²) in [6.07, 6.45) is 0. The number of benzene rings is 3. The predicted molar refractivity (Wildman–Crippen MR) is 129 cm³/mol. The molecule has 0 spiro atoms. The summed E-state index contributed by atoms with van der Waals surface area (Å²) >= 11 is 6.30. The first-order chi connectivity index (χ1) is 16.4. The highest BCUT2D eigenvalue weighted by Gasteiger charge is 2.27. The molecule has 1 N–H and O–H groups in total. The molecule has 4 rings (SSSR count). The Labute approximate surface area is 201 Å². The molecule has 0 saturated heterocycles. The first kappa shape index (κ1) is 23.3. The van der Waals surface area contributed by atoms with Crippen LogP contribution in [0.2, 0.25) is 5.02 Å². The monoisotopic (exact) mass is 482 g/mol. The van der Waals surface area contributed by atoms with Crippen molar-refractivity contribution in [2.24, 2.45) is 0 Å². The molecule has 0 radical (unpaired) electrons. The Balaban J connectivity index is 1.63. The van der Waals surface area contributed by atoms with Crippen LogP contribution < -0.4 is 29.2 Å². The van der Waals surface area contributed by atoms with E-state index in [1.807, 2.05) is 18.2 Å². The SMILES string of the molecule is COc1cc(C(=O)Nc2ccc3c(c2)N(Cc2ccccc2Cl)C(=O)CO3)cc(OC)c1OC. The molecule has 176 valence electrons. The van der Waals surface area contributed by atoms with E-state index in [9.17, 15) is 9.59 Å². The van der Waals surface area contributed by atoms with E-state index in [4.69, 9.17) is 30.5 Å². The second kappa shape index (κ2) is 9.93. The number of fused-ring (bicyclic) bond motifs is 1. The van der Waals surface area contributed by atoms with E-state index < -0.39 is 0 Å². The zero-order chi connectivity index (χ0) is 24.2. The Bertz CT molecular complexity index is 1220. The van der Waals surface area contributed by atoms with Crippen molar-refractivity contribution in [3.05, 3.63) is 70.7 Å².